The van der Waals surface area contributed by atoms with Crippen molar-refractivity contribution < 1.29 is 31.9 Å². The molecule has 32 heavy (non-hydrogen) atoms. The Labute approximate surface area is 184 Å². The average molecular weight is 469 g/mol. The van der Waals surface area contributed by atoms with E-state index in [1.165, 1.54) is 18.2 Å². The summed E-state index contributed by atoms with van der Waals surface area (Å²) in [5.74, 6) is -1.34. The van der Waals surface area contributed by atoms with Crippen LogP contribution in [0.3, 0.4) is 0 Å². The van der Waals surface area contributed by atoms with E-state index in [0.29, 0.717) is 10.9 Å². The molecule has 3 rings (SSSR count). The molecule has 0 aliphatic rings. The first-order valence-electron chi connectivity index (χ1n) is 9.33. The summed E-state index contributed by atoms with van der Waals surface area (Å²) in [6.07, 6.45) is -5.47. The number of aromatic nitrogens is 1. The maximum Gasteiger partial charge on any atom is 0.433 e. The predicted molar refractivity (Wildman–Crippen MR) is 114 cm³/mol. The van der Waals surface area contributed by atoms with Gasteiger partial charge in [0.2, 0.25) is 0 Å². The first-order chi connectivity index (χ1) is 14.7. The number of fused-ring (bicyclic) bond motifs is 1. The smallest absolute Gasteiger partial charge is 0.433 e. The van der Waals surface area contributed by atoms with E-state index in [9.17, 15) is 27.2 Å². The number of carbonyl (C=O) groups excluding carboxylic acids is 2. The summed E-state index contributed by atoms with van der Waals surface area (Å²) < 4.78 is 57.9. The van der Waals surface area contributed by atoms with Crippen LogP contribution >= 0.6 is 11.3 Å². The van der Waals surface area contributed by atoms with Gasteiger partial charge in [-0.25, -0.2) is 14.2 Å². The van der Waals surface area contributed by atoms with Crippen molar-refractivity contribution in [2.45, 2.75) is 39.5 Å². The van der Waals surface area contributed by atoms with E-state index in [0.717, 1.165) is 23.5 Å². The van der Waals surface area contributed by atoms with Crippen LogP contribution in [-0.2, 0) is 10.9 Å². The van der Waals surface area contributed by atoms with Crippen molar-refractivity contribution in [3.8, 4) is 0 Å². The lowest BCUT2D eigenvalue weighted by atomic mass is 10.1. The number of aryl methyl sites for hydroxylation is 1. The topological polar surface area (TPSA) is 80.3 Å². The Balaban J connectivity index is 1.83. The van der Waals surface area contributed by atoms with Gasteiger partial charge in [0.05, 0.1) is 10.6 Å². The number of pyridine rings is 1. The molecule has 0 aliphatic carbocycles. The van der Waals surface area contributed by atoms with Crippen LogP contribution in [0.15, 0.2) is 30.3 Å². The molecular weight excluding hydrogens is 450 g/mol. The number of halogens is 4. The lowest BCUT2D eigenvalue weighted by Gasteiger charge is -2.20. The van der Waals surface area contributed by atoms with E-state index in [1.807, 2.05) is 0 Å². The molecule has 2 aromatic heterocycles. The van der Waals surface area contributed by atoms with Gasteiger partial charge >= 0.3 is 12.3 Å². The van der Waals surface area contributed by atoms with Crippen molar-refractivity contribution >= 4 is 44.9 Å². The molecule has 0 fully saturated rings. The van der Waals surface area contributed by atoms with Crippen LogP contribution in [0.4, 0.5) is 33.7 Å². The number of alkyl halides is 3. The molecule has 6 nitrogen and oxygen atoms in total. The molecular formula is C21H19F4N3O3S. The van der Waals surface area contributed by atoms with Crippen LogP contribution in [0.25, 0.3) is 10.2 Å². The number of hydrogen-bond donors (Lipinski definition) is 2. The molecule has 0 spiro atoms. The lowest BCUT2D eigenvalue weighted by Crippen LogP contribution is -2.27. The van der Waals surface area contributed by atoms with Crippen LogP contribution in [0.2, 0.25) is 0 Å². The van der Waals surface area contributed by atoms with Crippen molar-refractivity contribution in [1.82, 2.24) is 4.98 Å². The molecule has 0 saturated carbocycles. The lowest BCUT2D eigenvalue weighted by molar-refractivity contribution is -0.140. The zero-order valence-corrected chi connectivity index (χ0v) is 18.3. The second-order valence-electron chi connectivity index (χ2n) is 7.88. The Bertz CT molecular complexity index is 1200. The Hall–Kier alpha value is -3.21. The van der Waals surface area contributed by atoms with E-state index in [2.05, 4.69) is 15.6 Å². The summed E-state index contributed by atoms with van der Waals surface area (Å²) in [5, 5.41) is 5.26. The Kier molecular flexibility index (Phi) is 6.14. The number of amides is 2. The van der Waals surface area contributed by atoms with E-state index < -0.39 is 35.3 Å². The molecule has 2 heterocycles. The minimum atomic E-state index is -4.60. The number of rotatable bonds is 3. The number of nitrogens with zero attached hydrogens (tertiary/aromatic N) is 1. The van der Waals surface area contributed by atoms with Gasteiger partial charge in [0.1, 0.15) is 21.9 Å². The van der Waals surface area contributed by atoms with Gasteiger partial charge < -0.3 is 10.1 Å². The minimum absolute atomic E-state index is 0.0777. The molecule has 2 amide bonds. The number of benzene rings is 1. The summed E-state index contributed by atoms with van der Waals surface area (Å²) in [7, 11) is 0. The van der Waals surface area contributed by atoms with Crippen molar-refractivity contribution in [3.05, 3.63) is 52.3 Å². The molecule has 0 radical (unpaired) electrons. The molecule has 170 valence electrons. The second-order valence-corrected chi connectivity index (χ2v) is 8.88. The molecule has 0 atom stereocenters. The quantitative estimate of drug-likeness (QED) is 0.438. The van der Waals surface area contributed by atoms with Gasteiger partial charge in [0, 0.05) is 11.1 Å². The highest BCUT2D eigenvalue weighted by Gasteiger charge is 2.33. The summed E-state index contributed by atoms with van der Waals surface area (Å²) in [4.78, 5) is 28.5. The van der Waals surface area contributed by atoms with Crippen LogP contribution in [0.1, 0.15) is 41.7 Å². The van der Waals surface area contributed by atoms with Gasteiger partial charge in [-0.3, -0.25) is 10.1 Å². The van der Waals surface area contributed by atoms with E-state index in [4.69, 9.17) is 4.74 Å². The standard InChI is InChI=1S/C21H19F4N3O3S/c1-10-12-6-8-15(21(23,24)25)28-18(12)32-16(10)17(29)26-11-5-7-13(22)14(9-11)27-19(30)31-20(2,3)4/h5-9H,1-4H3,(H,26,29)(H,27,30). The number of hydrogen-bond acceptors (Lipinski definition) is 5. The fourth-order valence-electron chi connectivity index (χ4n) is 2.77. The van der Waals surface area contributed by atoms with E-state index in [-0.39, 0.29) is 21.1 Å². The Morgan fingerprint density at radius 1 is 1.06 bits per heavy atom. The number of carbonyl (C=O) groups is 2. The first kappa shape index (κ1) is 23.5. The van der Waals surface area contributed by atoms with Crippen molar-refractivity contribution in [2.75, 3.05) is 10.6 Å². The highest BCUT2D eigenvalue weighted by molar-refractivity contribution is 7.20. The molecule has 1 aromatic carbocycles. The molecule has 0 saturated heterocycles. The van der Waals surface area contributed by atoms with Crippen LogP contribution in [0, 0.1) is 12.7 Å². The van der Waals surface area contributed by atoms with Crippen molar-refractivity contribution in [2.24, 2.45) is 0 Å². The maximum atomic E-state index is 14.1. The van der Waals surface area contributed by atoms with E-state index >= 15 is 0 Å². The third kappa shape index (κ3) is 5.34. The SMILES string of the molecule is Cc1c(C(=O)Nc2ccc(F)c(NC(=O)OC(C)(C)C)c2)sc2nc(C(F)(F)F)ccc12. The summed E-state index contributed by atoms with van der Waals surface area (Å²) >= 11 is 0.819. The fourth-order valence-corrected chi connectivity index (χ4v) is 3.85. The highest BCUT2D eigenvalue weighted by atomic mass is 32.1. The van der Waals surface area contributed by atoms with Gasteiger partial charge in [-0.05, 0) is 63.6 Å². The molecule has 3 aromatic rings. The normalized spacial score (nSPS) is 12.0. The Morgan fingerprint density at radius 2 is 1.75 bits per heavy atom. The van der Waals surface area contributed by atoms with Crippen molar-refractivity contribution in [1.29, 1.82) is 0 Å². The zero-order valence-electron chi connectivity index (χ0n) is 17.5. The van der Waals surface area contributed by atoms with Gasteiger partial charge in [0.15, 0.2) is 0 Å². The zero-order chi connectivity index (χ0) is 23.8. The van der Waals surface area contributed by atoms with Gasteiger partial charge in [-0.15, -0.1) is 11.3 Å². The third-order valence-electron chi connectivity index (χ3n) is 4.16. The first-order valence-corrected chi connectivity index (χ1v) is 10.1. The summed E-state index contributed by atoms with van der Waals surface area (Å²) in [6, 6.07) is 5.68. The van der Waals surface area contributed by atoms with Gasteiger partial charge in [-0.2, -0.15) is 13.2 Å². The average Bonchev–Trinajstić information content (AvgIpc) is 2.98. The van der Waals surface area contributed by atoms with Crippen LogP contribution in [-0.4, -0.2) is 22.6 Å². The Morgan fingerprint density at radius 3 is 2.38 bits per heavy atom. The van der Waals surface area contributed by atoms with Crippen LogP contribution in [0.5, 0.6) is 0 Å². The minimum Gasteiger partial charge on any atom is -0.444 e. The van der Waals surface area contributed by atoms with Gasteiger partial charge in [0.25, 0.3) is 5.91 Å². The third-order valence-corrected chi connectivity index (χ3v) is 5.36. The highest BCUT2D eigenvalue weighted by Crippen LogP contribution is 2.34. The van der Waals surface area contributed by atoms with Crippen LogP contribution < -0.4 is 10.6 Å². The van der Waals surface area contributed by atoms with E-state index in [1.54, 1.807) is 27.7 Å². The molecule has 11 heteroatoms. The number of thiophene rings is 1. The number of anilines is 2. The van der Waals surface area contributed by atoms with Crippen molar-refractivity contribution in [3.63, 3.8) is 0 Å². The fraction of sp³-hybridized carbons (Fsp3) is 0.286. The predicted octanol–water partition coefficient (Wildman–Crippen LogP) is 6.36. The second kappa shape index (κ2) is 8.38. The molecule has 2 N–H and O–H groups in total. The number of ether oxygens (including phenoxy) is 1. The molecule has 0 bridgehead atoms. The monoisotopic (exact) mass is 469 g/mol. The summed E-state index contributed by atoms with van der Waals surface area (Å²) in [6.45, 7) is 6.56. The van der Waals surface area contributed by atoms with Gasteiger partial charge in [-0.1, -0.05) is 0 Å². The maximum absolute atomic E-state index is 14.1. The largest absolute Gasteiger partial charge is 0.444 e. The molecule has 0 unspecified atom stereocenters. The molecule has 0 aliphatic heterocycles. The summed E-state index contributed by atoms with van der Waals surface area (Å²) in [5.41, 5.74) is -1.40. The number of nitrogens with one attached hydrogen (secondary N) is 2.